The van der Waals surface area contributed by atoms with E-state index in [1.807, 2.05) is 0 Å². The molecule has 0 unspecified atom stereocenters. The van der Waals surface area contributed by atoms with Gasteiger partial charge in [0, 0.05) is 11.9 Å². The van der Waals surface area contributed by atoms with Crippen LogP contribution >= 0.6 is 0 Å². The number of carbonyl (C=O) groups is 2. The number of allylic oxidation sites excluding steroid dienone is 4. The minimum atomic E-state index is -0.916. The third kappa shape index (κ3) is 51.2. The Morgan fingerprint density at radius 3 is 0.900 bits per heavy atom. The van der Waals surface area contributed by atoms with Crippen molar-refractivity contribution in [2.75, 3.05) is 0 Å². The normalized spacial score (nSPS) is 10.7. The summed E-state index contributed by atoms with van der Waals surface area (Å²) >= 11 is 0. The van der Waals surface area contributed by atoms with Gasteiger partial charge >= 0.3 is 59.1 Å². The quantitative estimate of drug-likeness (QED) is 0.0810. The summed E-state index contributed by atoms with van der Waals surface area (Å²) < 4.78 is 0. The zero-order chi connectivity index (χ0) is 28.4. The minimum Gasteiger partial charge on any atom is -0.550 e. The minimum absolute atomic E-state index is 0. The van der Waals surface area contributed by atoms with E-state index in [-0.39, 0.29) is 72.0 Å². The molecule has 224 valence electrons. The average Bonchev–Trinajstić information content (AvgIpc) is 2.89. The molecule has 0 aromatic rings. The Morgan fingerprint density at radius 2 is 0.625 bits per heavy atom. The summed E-state index contributed by atoms with van der Waals surface area (Å²) in [7, 11) is 0. The molecule has 40 heavy (non-hydrogen) atoms. The van der Waals surface area contributed by atoms with Gasteiger partial charge in [-0.05, 0) is 77.0 Å². The molecule has 0 bridgehead atoms. The number of carbonyl (C=O) groups excluding carboxylic acids is 2. The van der Waals surface area contributed by atoms with E-state index in [1.54, 1.807) is 0 Å². The smallest absolute Gasteiger partial charge is 0.550 e. The summed E-state index contributed by atoms with van der Waals surface area (Å²) in [6.07, 6.45) is 38.9. The maximum atomic E-state index is 10.2. The number of carboxylic acid groups (broad SMARTS) is 2. The van der Waals surface area contributed by atoms with Crippen molar-refractivity contribution in [3.63, 3.8) is 0 Å². The molecule has 0 N–H and O–H groups in total. The van der Waals surface area contributed by atoms with Crippen LogP contribution in [0.3, 0.4) is 0 Å². The number of carboxylic acids is 2. The zero-order valence-corrected chi connectivity index (χ0v) is 31.3. The van der Waals surface area contributed by atoms with Crippen LogP contribution in [0.1, 0.15) is 181 Å². The van der Waals surface area contributed by atoms with Crippen molar-refractivity contribution >= 4 is 11.9 Å². The molecule has 0 spiro atoms. The fourth-order valence-electron chi connectivity index (χ4n) is 4.33. The van der Waals surface area contributed by atoms with Crippen LogP contribution in [0.2, 0.25) is 0 Å². The van der Waals surface area contributed by atoms with Crippen LogP contribution in [-0.4, -0.2) is 11.9 Å². The second-order valence-corrected chi connectivity index (χ2v) is 10.7. The van der Waals surface area contributed by atoms with E-state index in [4.69, 9.17) is 0 Å². The van der Waals surface area contributed by atoms with Gasteiger partial charge in [0.1, 0.15) is 0 Å². The standard InChI is InChI=1S/C18H34O2.C16H30O2.2Na/c1-2-3-4-5-6-7-8-9-10-11-12-13-14-15-16-17-18(19)20;1-2-3-4-5-6-7-8-9-10-11-12-13-14-15-16(17)18;;/h9-10H,2-8,11-17H2,1H3,(H,19,20);7-8H,2-6,9-15H2,1H3,(H,17,18);;/q;;2*+1/p-2/b10-9-;8-7-;;. The molecule has 0 rings (SSSR count). The van der Waals surface area contributed by atoms with Crippen molar-refractivity contribution in [3.05, 3.63) is 24.3 Å². The summed E-state index contributed by atoms with van der Waals surface area (Å²) in [5, 5.41) is 20.4. The largest absolute Gasteiger partial charge is 1.00 e. The fourth-order valence-corrected chi connectivity index (χ4v) is 4.33. The summed E-state index contributed by atoms with van der Waals surface area (Å²) in [6, 6.07) is 0. The Hall–Kier alpha value is 0.420. The average molecular weight is 581 g/mol. The van der Waals surface area contributed by atoms with E-state index in [1.165, 1.54) is 116 Å². The Labute approximate surface area is 293 Å². The van der Waals surface area contributed by atoms with Crippen LogP contribution in [0, 0.1) is 0 Å². The summed E-state index contributed by atoms with van der Waals surface area (Å²) in [5.74, 6) is -1.83. The molecule has 0 aliphatic heterocycles. The summed E-state index contributed by atoms with van der Waals surface area (Å²) in [5.41, 5.74) is 0. The van der Waals surface area contributed by atoms with Crippen LogP contribution in [0.15, 0.2) is 24.3 Å². The van der Waals surface area contributed by atoms with Crippen molar-refractivity contribution in [2.45, 2.75) is 181 Å². The first-order valence-corrected chi connectivity index (χ1v) is 16.2. The maximum Gasteiger partial charge on any atom is 1.00 e. The molecule has 0 amide bonds. The van der Waals surface area contributed by atoms with Crippen molar-refractivity contribution in [1.82, 2.24) is 0 Å². The second-order valence-electron chi connectivity index (χ2n) is 10.7. The van der Waals surface area contributed by atoms with E-state index < -0.39 is 11.9 Å². The van der Waals surface area contributed by atoms with E-state index in [2.05, 4.69) is 38.2 Å². The molecule has 0 fully saturated rings. The van der Waals surface area contributed by atoms with Crippen LogP contribution in [0.25, 0.3) is 0 Å². The van der Waals surface area contributed by atoms with Gasteiger partial charge < -0.3 is 19.8 Å². The van der Waals surface area contributed by atoms with Gasteiger partial charge in [0.25, 0.3) is 0 Å². The third-order valence-corrected chi connectivity index (χ3v) is 6.79. The van der Waals surface area contributed by atoms with E-state index in [9.17, 15) is 19.8 Å². The molecular formula is C34H62Na2O4. The first kappa shape index (κ1) is 47.4. The van der Waals surface area contributed by atoms with E-state index >= 15 is 0 Å². The molecule has 0 saturated heterocycles. The van der Waals surface area contributed by atoms with Crippen molar-refractivity contribution in [2.24, 2.45) is 0 Å². The first-order valence-electron chi connectivity index (χ1n) is 16.2. The predicted molar refractivity (Wildman–Crippen MR) is 160 cm³/mol. The predicted octanol–water partition coefficient (Wildman–Crippen LogP) is 2.78. The molecule has 0 heterocycles. The fraction of sp³-hybridized carbons (Fsp3) is 0.824. The second kappa shape index (κ2) is 43.9. The Bertz CT molecular complexity index is 550. The number of rotatable bonds is 28. The molecule has 0 saturated carbocycles. The molecule has 0 radical (unpaired) electrons. The van der Waals surface area contributed by atoms with Crippen LogP contribution in [0.5, 0.6) is 0 Å². The monoisotopic (exact) mass is 580 g/mol. The molecule has 0 aliphatic rings. The number of aliphatic carboxylic acids is 2. The summed E-state index contributed by atoms with van der Waals surface area (Å²) in [4.78, 5) is 20.4. The van der Waals surface area contributed by atoms with Gasteiger partial charge in [-0.3, -0.25) is 0 Å². The van der Waals surface area contributed by atoms with Crippen LogP contribution in [-0.2, 0) is 9.59 Å². The van der Waals surface area contributed by atoms with Crippen molar-refractivity contribution in [3.8, 4) is 0 Å². The first-order chi connectivity index (χ1) is 18.5. The van der Waals surface area contributed by atoms with Gasteiger partial charge in [0.2, 0.25) is 0 Å². The number of hydrogen-bond acceptors (Lipinski definition) is 4. The van der Waals surface area contributed by atoms with Gasteiger partial charge in [0.15, 0.2) is 0 Å². The zero-order valence-electron chi connectivity index (χ0n) is 27.3. The number of hydrogen-bond donors (Lipinski definition) is 0. The Morgan fingerprint density at radius 1 is 0.400 bits per heavy atom. The molecular weight excluding hydrogens is 518 g/mol. The summed E-state index contributed by atoms with van der Waals surface area (Å²) in [6.45, 7) is 4.49. The molecule has 6 heteroatoms. The molecule has 0 aromatic heterocycles. The van der Waals surface area contributed by atoms with Gasteiger partial charge in [-0.1, -0.05) is 128 Å². The van der Waals surface area contributed by atoms with Crippen LogP contribution in [0.4, 0.5) is 0 Å². The van der Waals surface area contributed by atoms with Crippen molar-refractivity contribution < 1.29 is 78.9 Å². The topological polar surface area (TPSA) is 80.3 Å². The van der Waals surface area contributed by atoms with Gasteiger partial charge in [-0.2, -0.15) is 0 Å². The SMILES string of the molecule is CCCCCC/C=C\CCCCCCCC(=O)[O-].CCCCCCCC/C=C\CCCCCCCC(=O)[O-].[Na+].[Na+]. The van der Waals surface area contributed by atoms with Gasteiger partial charge in [0.05, 0.1) is 0 Å². The third-order valence-electron chi connectivity index (χ3n) is 6.79. The van der Waals surface area contributed by atoms with E-state index in [0.29, 0.717) is 0 Å². The van der Waals surface area contributed by atoms with Gasteiger partial charge in [-0.15, -0.1) is 0 Å². The molecule has 0 atom stereocenters. The molecule has 0 aromatic carbocycles. The maximum absolute atomic E-state index is 10.2. The molecule has 4 nitrogen and oxygen atoms in total. The Kier molecular flexibility index (Phi) is 51.9. The Balaban J connectivity index is -0.000000310. The molecule has 0 aliphatic carbocycles. The van der Waals surface area contributed by atoms with Crippen molar-refractivity contribution in [1.29, 1.82) is 0 Å². The van der Waals surface area contributed by atoms with Gasteiger partial charge in [-0.25, -0.2) is 0 Å². The van der Waals surface area contributed by atoms with E-state index in [0.717, 1.165) is 38.5 Å². The number of unbranched alkanes of at least 4 members (excludes halogenated alkanes) is 20. The van der Waals surface area contributed by atoms with Crippen LogP contribution < -0.4 is 69.3 Å².